The number of rotatable bonds is 3. The standard InChI is InChI=1S/C8H6O4.C4H6O2/c9-7(10)5-3-1-2-4-6(5)8(11)12;1-3-6-4(2)5/h1-4H,(H,9,10)(H,11,12);3H,1H2,2H3. The van der Waals surface area contributed by atoms with Gasteiger partial charge in [0.1, 0.15) is 0 Å². The highest BCUT2D eigenvalue weighted by atomic mass is 16.5. The summed E-state index contributed by atoms with van der Waals surface area (Å²) in [6, 6.07) is 5.48. The van der Waals surface area contributed by atoms with Gasteiger partial charge in [0.2, 0.25) is 0 Å². The van der Waals surface area contributed by atoms with Crippen LogP contribution >= 0.6 is 0 Å². The van der Waals surface area contributed by atoms with Crippen molar-refractivity contribution in [3.8, 4) is 0 Å². The van der Waals surface area contributed by atoms with Crippen molar-refractivity contribution in [2.75, 3.05) is 0 Å². The number of benzene rings is 1. The zero-order chi connectivity index (χ0) is 14.1. The average Bonchev–Trinajstić information content (AvgIpc) is 2.29. The number of aromatic carboxylic acids is 2. The zero-order valence-corrected chi connectivity index (χ0v) is 9.62. The molecule has 6 nitrogen and oxygen atoms in total. The van der Waals surface area contributed by atoms with Gasteiger partial charge in [0.15, 0.2) is 0 Å². The molecule has 0 aromatic heterocycles. The summed E-state index contributed by atoms with van der Waals surface area (Å²) in [5, 5.41) is 17.1. The summed E-state index contributed by atoms with van der Waals surface area (Å²) in [4.78, 5) is 30.7. The Morgan fingerprint density at radius 3 is 1.67 bits per heavy atom. The summed E-state index contributed by atoms with van der Waals surface area (Å²) < 4.78 is 4.17. The predicted molar refractivity (Wildman–Crippen MR) is 62.3 cm³/mol. The van der Waals surface area contributed by atoms with Gasteiger partial charge in [-0.25, -0.2) is 9.59 Å². The maximum atomic E-state index is 10.5. The lowest BCUT2D eigenvalue weighted by Crippen LogP contribution is -2.06. The van der Waals surface area contributed by atoms with E-state index in [1.807, 2.05) is 0 Å². The Morgan fingerprint density at radius 1 is 1.11 bits per heavy atom. The lowest BCUT2D eigenvalue weighted by Gasteiger charge is -1.98. The van der Waals surface area contributed by atoms with E-state index in [1.54, 1.807) is 0 Å². The first-order valence-electron chi connectivity index (χ1n) is 4.74. The molecule has 1 aromatic rings. The van der Waals surface area contributed by atoms with Crippen molar-refractivity contribution in [3.05, 3.63) is 48.2 Å². The lowest BCUT2D eigenvalue weighted by molar-refractivity contribution is -0.135. The second kappa shape index (κ2) is 7.61. The number of carbonyl (C=O) groups is 3. The van der Waals surface area contributed by atoms with Gasteiger partial charge in [-0.05, 0) is 12.1 Å². The van der Waals surface area contributed by atoms with Gasteiger partial charge in [-0.2, -0.15) is 0 Å². The molecule has 96 valence electrons. The molecule has 0 saturated heterocycles. The summed E-state index contributed by atoms with van der Waals surface area (Å²) in [6.45, 7) is 4.48. The Hall–Kier alpha value is -2.63. The molecule has 0 fully saturated rings. The third kappa shape index (κ3) is 5.45. The van der Waals surface area contributed by atoms with Gasteiger partial charge in [-0.3, -0.25) is 4.79 Å². The molecular weight excluding hydrogens is 240 g/mol. The van der Waals surface area contributed by atoms with Gasteiger partial charge in [-0.1, -0.05) is 18.7 Å². The molecule has 2 N–H and O–H groups in total. The molecule has 18 heavy (non-hydrogen) atoms. The fraction of sp³-hybridized carbons (Fsp3) is 0.0833. The molecule has 6 heteroatoms. The molecule has 0 spiro atoms. The largest absolute Gasteiger partial charge is 0.478 e. The second-order valence-electron chi connectivity index (χ2n) is 2.93. The zero-order valence-electron chi connectivity index (χ0n) is 9.62. The molecule has 0 aliphatic carbocycles. The molecule has 0 aliphatic heterocycles. The Morgan fingerprint density at radius 2 is 1.50 bits per heavy atom. The van der Waals surface area contributed by atoms with Gasteiger partial charge >= 0.3 is 17.9 Å². The molecule has 0 heterocycles. The van der Waals surface area contributed by atoms with Crippen LogP contribution in [0.3, 0.4) is 0 Å². The van der Waals surface area contributed by atoms with E-state index in [9.17, 15) is 14.4 Å². The van der Waals surface area contributed by atoms with E-state index in [-0.39, 0.29) is 17.1 Å². The van der Waals surface area contributed by atoms with Crippen molar-refractivity contribution >= 4 is 17.9 Å². The van der Waals surface area contributed by atoms with Crippen LogP contribution in [0, 0.1) is 0 Å². The van der Waals surface area contributed by atoms with Crippen LogP contribution < -0.4 is 0 Å². The minimum absolute atomic E-state index is 0.190. The first-order valence-corrected chi connectivity index (χ1v) is 4.74. The summed E-state index contributed by atoms with van der Waals surface area (Å²) >= 11 is 0. The quantitative estimate of drug-likeness (QED) is 0.628. The normalized spacial score (nSPS) is 8.50. The number of hydrogen-bond acceptors (Lipinski definition) is 4. The van der Waals surface area contributed by atoms with E-state index in [1.165, 1.54) is 31.2 Å². The number of hydrogen-bond donors (Lipinski definition) is 2. The van der Waals surface area contributed by atoms with Gasteiger partial charge in [0, 0.05) is 6.92 Å². The highest BCUT2D eigenvalue weighted by Gasteiger charge is 2.13. The third-order valence-corrected chi connectivity index (χ3v) is 1.64. The van der Waals surface area contributed by atoms with Gasteiger partial charge in [0.05, 0.1) is 17.4 Å². The molecule has 0 saturated carbocycles. The highest BCUT2D eigenvalue weighted by Crippen LogP contribution is 2.07. The van der Waals surface area contributed by atoms with E-state index in [0.29, 0.717) is 0 Å². The summed E-state index contributed by atoms with van der Waals surface area (Å²) in [5.41, 5.74) is -0.380. The van der Waals surface area contributed by atoms with E-state index in [2.05, 4.69) is 11.3 Å². The van der Waals surface area contributed by atoms with Crippen LogP contribution in [0.2, 0.25) is 0 Å². The smallest absolute Gasteiger partial charge is 0.336 e. The highest BCUT2D eigenvalue weighted by molar-refractivity contribution is 6.01. The first-order chi connectivity index (χ1) is 8.40. The first kappa shape index (κ1) is 15.4. The third-order valence-electron chi connectivity index (χ3n) is 1.64. The second-order valence-corrected chi connectivity index (χ2v) is 2.93. The molecule has 0 radical (unpaired) electrons. The summed E-state index contributed by atoms with van der Waals surface area (Å²) in [5.74, 6) is -2.79. The SMILES string of the molecule is C=COC(C)=O.O=C(O)c1ccccc1C(=O)O. The Kier molecular flexibility index (Phi) is 6.50. The fourth-order valence-electron chi connectivity index (χ4n) is 0.973. The van der Waals surface area contributed by atoms with Crippen LogP contribution in [0.25, 0.3) is 0 Å². The van der Waals surface area contributed by atoms with Crippen molar-refractivity contribution in [1.82, 2.24) is 0 Å². The number of carboxylic acids is 2. The maximum Gasteiger partial charge on any atom is 0.336 e. The molecule has 1 rings (SSSR count). The average molecular weight is 252 g/mol. The summed E-state index contributed by atoms with van der Waals surface area (Å²) in [7, 11) is 0. The Balaban J connectivity index is 0.000000411. The van der Waals surface area contributed by atoms with Gasteiger partial charge < -0.3 is 14.9 Å². The van der Waals surface area contributed by atoms with Crippen LogP contribution in [0.5, 0.6) is 0 Å². The van der Waals surface area contributed by atoms with Gasteiger partial charge in [0.25, 0.3) is 0 Å². The van der Waals surface area contributed by atoms with Crippen molar-refractivity contribution in [2.24, 2.45) is 0 Å². The molecule has 0 aliphatic rings. The summed E-state index contributed by atoms with van der Waals surface area (Å²) in [6.07, 6.45) is 1.10. The van der Waals surface area contributed by atoms with Crippen molar-refractivity contribution < 1.29 is 29.3 Å². The topological polar surface area (TPSA) is 101 Å². The molecule has 0 bridgehead atoms. The minimum Gasteiger partial charge on any atom is -0.478 e. The number of carboxylic acid groups (broad SMARTS) is 2. The van der Waals surface area contributed by atoms with E-state index in [4.69, 9.17) is 10.2 Å². The van der Waals surface area contributed by atoms with Crippen LogP contribution in [-0.4, -0.2) is 28.1 Å². The van der Waals surface area contributed by atoms with E-state index < -0.39 is 11.9 Å². The van der Waals surface area contributed by atoms with Crippen LogP contribution in [-0.2, 0) is 9.53 Å². The Bertz CT molecular complexity index is 430. The number of carbonyl (C=O) groups excluding carboxylic acids is 1. The van der Waals surface area contributed by atoms with E-state index >= 15 is 0 Å². The predicted octanol–water partition coefficient (Wildman–Crippen LogP) is 1.78. The number of ether oxygens (including phenoxy) is 1. The van der Waals surface area contributed by atoms with Crippen LogP contribution in [0.15, 0.2) is 37.1 Å². The van der Waals surface area contributed by atoms with Crippen molar-refractivity contribution in [2.45, 2.75) is 6.92 Å². The van der Waals surface area contributed by atoms with Crippen molar-refractivity contribution in [3.63, 3.8) is 0 Å². The van der Waals surface area contributed by atoms with Crippen molar-refractivity contribution in [1.29, 1.82) is 0 Å². The lowest BCUT2D eigenvalue weighted by atomic mass is 10.1. The van der Waals surface area contributed by atoms with Gasteiger partial charge in [-0.15, -0.1) is 0 Å². The molecule has 0 atom stereocenters. The van der Waals surface area contributed by atoms with Crippen LogP contribution in [0.1, 0.15) is 27.6 Å². The molecule has 0 unspecified atom stereocenters. The van der Waals surface area contributed by atoms with Crippen LogP contribution in [0.4, 0.5) is 0 Å². The Labute approximate surface area is 103 Å². The maximum absolute atomic E-state index is 10.5. The molecule has 0 amide bonds. The fourth-order valence-corrected chi connectivity index (χ4v) is 0.973. The monoisotopic (exact) mass is 252 g/mol. The van der Waals surface area contributed by atoms with E-state index in [0.717, 1.165) is 6.26 Å². The molecular formula is C12H12O6. The minimum atomic E-state index is -1.23. The number of esters is 1. The molecule has 1 aromatic carbocycles.